The molecule has 2 aliphatic heterocycles. The van der Waals surface area contributed by atoms with Crippen LogP contribution < -0.4 is 5.32 Å². The van der Waals surface area contributed by atoms with Crippen molar-refractivity contribution in [1.29, 1.82) is 0 Å². The molecule has 8 nitrogen and oxygen atoms in total. The number of hydrogen-bond acceptors (Lipinski definition) is 6. The highest BCUT2D eigenvalue weighted by Gasteiger charge is 2.36. The van der Waals surface area contributed by atoms with Crippen molar-refractivity contribution in [3.63, 3.8) is 0 Å². The lowest BCUT2D eigenvalue weighted by molar-refractivity contribution is 0.0905. The van der Waals surface area contributed by atoms with Crippen LogP contribution in [0.1, 0.15) is 67.6 Å². The van der Waals surface area contributed by atoms with Gasteiger partial charge in [0.1, 0.15) is 5.76 Å². The maximum Gasteiger partial charge on any atom is 0.273 e. The number of nitrogens with zero attached hydrogens (tertiary/aromatic N) is 3. The molecule has 29 heavy (non-hydrogen) atoms. The quantitative estimate of drug-likeness (QED) is 0.748. The average Bonchev–Trinajstić information content (AvgIpc) is 3.40. The predicted octanol–water partition coefficient (Wildman–Crippen LogP) is 1.81. The van der Waals surface area contributed by atoms with Crippen molar-refractivity contribution in [1.82, 2.24) is 19.7 Å². The summed E-state index contributed by atoms with van der Waals surface area (Å²) in [4.78, 5) is 14.7. The normalized spacial score (nSPS) is 27.8. The van der Waals surface area contributed by atoms with Gasteiger partial charge >= 0.3 is 0 Å². The van der Waals surface area contributed by atoms with Gasteiger partial charge in [-0.05, 0) is 71.5 Å². The van der Waals surface area contributed by atoms with E-state index in [-0.39, 0.29) is 29.7 Å². The number of carbonyl (C=O) groups is 1. The first-order valence-corrected chi connectivity index (χ1v) is 12.4. The van der Waals surface area contributed by atoms with E-state index in [0.717, 1.165) is 44.5 Å². The molecular weight excluding hydrogens is 392 g/mol. The minimum absolute atomic E-state index is 0.0478. The van der Waals surface area contributed by atoms with Gasteiger partial charge in [-0.1, -0.05) is 5.16 Å². The van der Waals surface area contributed by atoms with Gasteiger partial charge in [-0.2, -0.15) is 4.31 Å². The third kappa shape index (κ3) is 5.00. The molecule has 0 spiro atoms. The summed E-state index contributed by atoms with van der Waals surface area (Å²) in [6.45, 7) is 4.32. The fraction of sp³-hybridized carbons (Fsp3) is 0.800. The van der Waals surface area contributed by atoms with Gasteiger partial charge in [-0.3, -0.25) is 4.79 Å². The molecule has 0 bridgehead atoms. The molecule has 1 aromatic rings. The van der Waals surface area contributed by atoms with Crippen LogP contribution in [-0.4, -0.2) is 73.2 Å². The van der Waals surface area contributed by atoms with Gasteiger partial charge in [0.05, 0.1) is 5.75 Å². The molecule has 4 rings (SSSR count). The van der Waals surface area contributed by atoms with Crippen LogP contribution in [0.5, 0.6) is 0 Å². The second-order valence-electron chi connectivity index (χ2n) is 9.07. The standard InChI is InChI=1S/C20H32N4O4S/c1-14-11-17(21-20(25)18-12-19(28-22-18)16-3-4-16)7-10-24(14)29(26,27)13-15-5-8-23(2)9-6-15/h12,14-17H,3-11,13H2,1-2H3,(H,21,25)/t14-,17-/m0/s1. The Kier molecular flexibility index (Phi) is 5.99. The van der Waals surface area contributed by atoms with E-state index in [1.54, 1.807) is 10.4 Å². The van der Waals surface area contributed by atoms with E-state index in [0.29, 0.717) is 31.0 Å². The molecule has 3 aliphatic rings. The van der Waals surface area contributed by atoms with Gasteiger partial charge in [0.2, 0.25) is 10.0 Å². The van der Waals surface area contributed by atoms with Gasteiger partial charge in [-0.25, -0.2) is 8.42 Å². The van der Waals surface area contributed by atoms with Crippen molar-refractivity contribution in [3.8, 4) is 0 Å². The van der Waals surface area contributed by atoms with Crippen LogP contribution in [0.25, 0.3) is 0 Å². The Morgan fingerprint density at radius 2 is 1.93 bits per heavy atom. The van der Waals surface area contributed by atoms with E-state index in [1.807, 2.05) is 6.92 Å². The molecule has 3 heterocycles. The number of sulfonamides is 1. The first-order chi connectivity index (χ1) is 13.8. The van der Waals surface area contributed by atoms with E-state index < -0.39 is 10.0 Å². The zero-order valence-electron chi connectivity index (χ0n) is 17.3. The molecule has 0 radical (unpaired) electrons. The SMILES string of the molecule is C[C@H]1C[C@@H](NC(=O)c2cc(C3CC3)on2)CCN1S(=O)(=O)CC1CCN(C)CC1. The largest absolute Gasteiger partial charge is 0.360 e. The predicted molar refractivity (Wildman–Crippen MR) is 109 cm³/mol. The molecule has 2 saturated heterocycles. The first kappa shape index (κ1) is 20.8. The summed E-state index contributed by atoms with van der Waals surface area (Å²) >= 11 is 0. The number of likely N-dealkylation sites (tertiary alicyclic amines) is 1. The number of aromatic nitrogens is 1. The summed E-state index contributed by atoms with van der Waals surface area (Å²) in [5.74, 6) is 1.46. The van der Waals surface area contributed by atoms with Crippen LogP contribution in [0.2, 0.25) is 0 Å². The lowest BCUT2D eigenvalue weighted by Gasteiger charge is -2.38. The number of piperidine rings is 2. The molecule has 1 N–H and O–H groups in total. The lowest BCUT2D eigenvalue weighted by atomic mass is 10.00. The van der Waals surface area contributed by atoms with E-state index in [1.165, 1.54) is 0 Å². The summed E-state index contributed by atoms with van der Waals surface area (Å²) < 4.78 is 32.8. The Labute approximate surface area is 173 Å². The number of nitrogens with one attached hydrogen (secondary N) is 1. The van der Waals surface area contributed by atoms with Crippen molar-refractivity contribution < 1.29 is 17.7 Å². The minimum Gasteiger partial charge on any atom is -0.360 e. The van der Waals surface area contributed by atoms with Crippen LogP contribution >= 0.6 is 0 Å². The van der Waals surface area contributed by atoms with Gasteiger partial charge in [-0.15, -0.1) is 0 Å². The Hall–Kier alpha value is -1.45. The molecule has 1 aliphatic carbocycles. The topological polar surface area (TPSA) is 95.7 Å². The molecule has 162 valence electrons. The Balaban J connectivity index is 1.29. The van der Waals surface area contributed by atoms with Crippen molar-refractivity contribution >= 4 is 15.9 Å². The van der Waals surface area contributed by atoms with Crippen molar-refractivity contribution in [2.75, 3.05) is 32.4 Å². The lowest BCUT2D eigenvalue weighted by Crippen LogP contribution is -2.52. The smallest absolute Gasteiger partial charge is 0.273 e. The molecule has 1 saturated carbocycles. The highest BCUT2D eigenvalue weighted by molar-refractivity contribution is 7.89. The molecular formula is C20H32N4O4S. The molecule has 0 aromatic carbocycles. The Morgan fingerprint density at radius 3 is 2.59 bits per heavy atom. The van der Waals surface area contributed by atoms with Crippen LogP contribution in [0.15, 0.2) is 10.6 Å². The monoisotopic (exact) mass is 424 g/mol. The Bertz CT molecular complexity index is 827. The van der Waals surface area contributed by atoms with Crippen LogP contribution in [0, 0.1) is 5.92 Å². The third-order valence-electron chi connectivity index (χ3n) is 6.53. The summed E-state index contributed by atoms with van der Waals surface area (Å²) in [6, 6.07) is 1.57. The molecule has 1 aromatic heterocycles. The van der Waals surface area contributed by atoms with Crippen LogP contribution in [-0.2, 0) is 10.0 Å². The summed E-state index contributed by atoms with van der Waals surface area (Å²) in [6.07, 6.45) is 5.31. The zero-order valence-corrected chi connectivity index (χ0v) is 18.2. The fourth-order valence-electron chi connectivity index (χ4n) is 4.53. The van der Waals surface area contributed by atoms with E-state index in [2.05, 4.69) is 22.4 Å². The fourth-order valence-corrected chi connectivity index (χ4v) is 6.67. The second kappa shape index (κ2) is 8.35. The zero-order chi connectivity index (χ0) is 20.6. The second-order valence-corrected chi connectivity index (χ2v) is 11.0. The highest BCUT2D eigenvalue weighted by atomic mass is 32.2. The summed E-state index contributed by atoms with van der Waals surface area (Å²) in [7, 11) is -1.20. The van der Waals surface area contributed by atoms with Crippen molar-refractivity contribution in [3.05, 3.63) is 17.5 Å². The highest BCUT2D eigenvalue weighted by Crippen LogP contribution is 2.40. The van der Waals surface area contributed by atoms with Gasteiger partial charge in [0.15, 0.2) is 5.69 Å². The van der Waals surface area contributed by atoms with Crippen molar-refractivity contribution in [2.24, 2.45) is 5.92 Å². The van der Waals surface area contributed by atoms with Crippen LogP contribution in [0.3, 0.4) is 0 Å². The number of hydrogen-bond donors (Lipinski definition) is 1. The van der Waals surface area contributed by atoms with E-state index >= 15 is 0 Å². The molecule has 2 atom stereocenters. The molecule has 1 amide bonds. The van der Waals surface area contributed by atoms with Gasteiger partial charge < -0.3 is 14.7 Å². The number of carbonyl (C=O) groups excluding carboxylic acids is 1. The average molecular weight is 425 g/mol. The molecule has 3 fully saturated rings. The number of rotatable bonds is 6. The summed E-state index contributed by atoms with van der Waals surface area (Å²) in [5.41, 5.74) is 0.317. The molecule has 0 unspecified atom stereocenters. The van der Waals surface area contributed by atoms with Crippen LogP contribution in [0.4, 0.5) is 0 Å². The maximum absolute atomic E-state index is 13.0. The maximum atomic E-state index is 13.0. The van der Waals surface area contributed by atoms with E-state index in [9.17, 15) is 13.2 Å². The van der Waals surface area contributed by atoms with E-state index in [4.69, 9.17) is 4.52 Å². The summed E-state index contributed by atoms with van der Waals surface area (Å²) in [5, 5.41) is 6.90. The molecule has 9 heteroatoms. The number of amides is 1. The Morgan fingerprint density at radius 1 is 1.21 bits per heavy atom. The minimum atomic E-state index is -3.28. The van der Waals surface area contributed by atoms with Crippen molar-refractivity contribution in [2.45, 2.75) is 63.5 Å². The first-order valence-electron chi connectivity index (χ1n) is 10.8. The van der Waals surface area contributed by atoms with Gasteiger partial charge in [0.25, 0.3) is 5.91 Å². The van der Waals surface area contributed by atoms with Gasteiger partial charge in [0, 0.05) is 30.6 Å². The third-order valence-corrected chi connectivity index (χ3v) is 8.68.